The summed E-state index contributed by atoms with van der Waals surface area (Å²) in [6, 6.07) is 7.48. The van der Waals surface area contributed by atoms with Crippen LogP contribution in [0.25, 0.3) is 0 Å². The zero-order valence-corrected chi connectivity index (χ0v) is 13.4. The van der Waals surface area contributed by atoms with Gasteiger partial charge in [0.15, 0.2) is 0 Å². The zero-order valence-electron chi connectivity index (χ0n) is 13.4. The molecule has 2 unspecified atom stereocenters. The molecule has 0 aliphatic heterocycles. The summed E-state index contributed by atoms with van der Waals surface area (Å²) in [5, 5.41) is 15.0. The van der Waals surface area contributed by atoms with E-state index < -0.39 is 6.10 Å². The van der Waals surface area contributed by atoms with E-state index >= 15 is 0 Å². The number of nitrogens with one attached hydrogen (secondary N) is 2. The Morgan fingerprint density at radius 3 is 2.43 bits per heavy atom. The standard InChI is InChI=1S/C16H27N3O2/c1-5-12(2)19(4)11-10-17-16(21)18-15-8-6-14(7-9-15)13(3)20/h6-9,12-13,20H,5,10-11H2,1-4H3,(H2,17,18,21). The smallest absolute Gasteiger partial charge is 0.319 e. The molecule has 0 bridgehead atoms. The Morgan fingerprint density at radius 2 is 1.90 bits per heavy atom. The van der Waals surface area contributed by atoms with Gasteiger partial charge < -0.3 is 20.6 Å². The highest BCUT2D eigenvalue weighted by Crippen LogP contribution is 2.15. The van der Waals surface area contributed by atoms with Crippen molar-refractivity contribution in [1.29, 1.82) is 0 Å². The lowest BCUT2D eigenvalue weighted by molar-refractivity contribution is 0.199. The van der Waals surface area contributed by atoms with Crippen molar-refractivity contribution in [2.75, 3.05) is 25.5 Å². The number of benzene rings is 1. The van der Waals surface area contributed by atoms with Gasteiger partial charge in [-0.1, -0.05) is 19.1 Å². The summed E-state index contributed by atoms with van der Waals surface area (Å²) in [7, 11) is 2.06. The molecule has 0 aromatic heterocycles. The third kappa shape index (κ3) is 6.14. The van der Waals surface area contributed by atoms with Crippen LogP contribution in [0, 0.1) is 0 Å². The fourth-order valence-corrected chi connectivity index (χ4v) is 1.90. The molecule has 1 rings (SSSR count). The van der Waals surface area contributed by atoms with E-state index in [0.29, 0.717) is 18.3 Å². The van der Waals surface area contributed by atoms with Crippen LogP contribution >= 0.6 is 0 Å². The molecule has 1 aromatic rings. The molecule has 0 fully saturated rings. The minimum absolute atomic E-state index is 0.211. The molecule has 5 nitrogen and oxygen atoms in total. The van der Waals surface area contributed by atoms with Crippen LogP contribution < -0.4 is 10.6 Å². The maximum absolute atomic E-state index is 11.8. The third-order valence-corrected chi connectivity index (χ3v) is 3.74. The molecule has 21 heavy (non-hydrogen) atoms. The van der Waals surface area contributed by atoms with E-state index in [4.69, 9.17) is 0 Å². The van der Waals surface area contributed by atoms with E-state index in [2.05, 4.69) is 36.4 Å². The molecule has 0 radical (unpaired) electrons. The molecule has 0 aliphatic rings. The number of nitrogens with zero attached hydrogens (tertiary/aromatic N) is 1. The van der Waals surface area contributed by atoms with Gasteiger partial charge in [0.05, 0.1) is 6.10 Å². The number of anilines is 1. The Kier molecular flexibility index (Phi) is 7.19. The molecule has 3 N–H and O–H groups in total. The predicted octanol–water partition coefficient (Wildman–Crippen LogP) is 2.59. The maximum atomic E-state index is 11.8. The van der Waals surface area contributed by atoms with Crippen LogP contribution in [0.3, 0.4) is 0 Å². The fraction of sp³-hybridized carbons (Fsp3) is 0.562. The Morgan fingerprint density at radius 1 is 1.29 bits per heavy atom. The van der Waals surface area contributed by atoms with Gasteiger partial charge in [0.1, 0.15) is 0 Å². The first kappa shape index (κ1) is 17.5. The first-order valence-electron chi connectivity index (χ1n) is 7.47. The summed E-state index contributed by atoms with van der Waals surface area (Å²) in [4.78, 5) is 14.0. The highest BCUT2D eigenvalue weighted by Gasteiger charge is 2.07. The predicted molar refractivity (Wildman–Crippen MR) is 86.5 cm³/mol. The van der Waals surface area contributed by atoms with Crippen LogP contribution in [0.15, 0.2) is 24.3 Å². The normalized spacial score (nSPS) is 13.8. The molecule has 0 saturated carbocycles. The van der Waals surface area contributed by atoms with Crippen LogP contribution in [0.4, 0.5) is 10.5 Å². The van der Waals surface area contributed by atoms with Crippen LogP contribution in [0.1, 0.15) is 38.9 Å². The number of hydrogen-bond acceptors (Lipinski definition) is 3. The van der Waals surface area contributed by atoms with Gasteiger partial charge >= 0.3 is 6.03 Å². The van der Waals surface area contributed by atoms with Crippen molar-refractivity contribution in [2.24, 2.45) is 0 Å². The molecule has 0 heterocycles. The average Bonchev–Trinajstić information content (AvgIpc) is 2.46. The molecule has 2 amide bonds. The van der Waals surface area contributed by atoms with Crippen molar-refractivity contribution in [3.63, 3.8) is 0 Å². The summed E-state index contributed by atoms with van der Waals surface area (Å²) in [6.07, 6.45) is 0.599. The summed E-state index contributed by atoms with van der Waals surface area (Å²) < 4.78 is 0. The number of urea groups is 1. The van der Waals surface area contributed by atoms with Gasteiger partial charge in [-0.2, -0.15) is 0 Å². The van der Waals surface area contributed by atoms with E-state index in [1.807, 2.05) is 0 Å². The van der Waals surface area contributed by atoms with E-state index in [0.717, 1.165) is 18.5 Å². The second-order valence-corrected chi connectivity index (χ2v) is 5.42. The fourth-order valence-electron chi connectivity index (χ4n) is 1.90. The second kappa shape index (κ2) is 8.64. The summed E-state index contributed by atoms with van der Waals surface area (Å²) in [5.41, 5.74) is 1.54. The first-order chi connectivity index (χ1) is 9.93. The lowest BCUT2D eigenvalue weighted by Crippen LogP contribution is -2.38. The van der Waals surface area contributed by atoms with Crippen molar-refractivity contribution in [3.05, 3.63) is 29.8 Å². The number of aliphatic hydroxyl groups is 1. The van der Waals surface area contributed by atoms with Gasteiger partial charge in [-0.25, -0.2) is 4.79 Å². The van der Waals surface area contributed by atoms with Crippen molar-refractivity contribution >= 4 is 11.7 Å². The SMILES string of the molecule is CCC(C)N(C)CCNC(=O)Nc1ccc(C(C)O)cc1. The molecule has 0 aliphatic carbocycles. The Balaban J connectivity index is 2.33. The van der Waals surface area contributed by atoms with E-state index in [1.54, 1.807) is 31.2 Å². The highest BCUT2D eigenvalue weighted by atomic mass is 16.3. The van der Waals surface area contributed by atoms with Crippen molar-refractivity contribution in [2.45, 2.75) is 39.3 Å². The summed E-state index contributed by atoms with van der Waals surface area (Å²) in [6.45, 7) is 7.47. The van der Waals surface area contributed by atoms with Crippen LogP contribution in [-0.2, 0) is 0 Å². The molecule has 2 atom stereocenters. The van der Waals surface area contributed by atoms with Gasteiger partial charge in [0.2, 0.25) is 0 Å². The van der Waals surface area contributed by atoms with Crippen LogP contribution in [0.2, 0.25) is 0 Å². The molecule has 118 valence electrons. The van der Waals surface area contributed by atoms with Gasteiger partial charge in [-0.05, 0) is 45.0 Å². The molecular weight excluding hydrogens is 266 g/mol. The van der Waals surface area contributed by atoms with Crippen LogP contribution in [0.5, 0.6) is 0 Å². The minimum Gasteiger partial charge on any atom is -0.389 e. The van der Waals surface area contributed by atoms with E-state index in [-0.39, 0.29) is 6.03 Å². The third-order valence-electron chi connectivity index (χ3n) is 3.74. The minimum atomic E-state index is -0.496. The molecule has 0 spiro atoms. The van der Waals surface area contributed by atoms with Gasteiger partial charge in [0, 0.05) is 24.8 Å². The molecule has 5 heteroatoms. The number of carbonyl (C=O) groups is 1. The molecular formula is C16H27N3O2. The number of aliphatic hydroxyl groups excluding tert-OH is 1. The van der Waals surface area contributed by atoms with Crippen molar-refractivity contribution < 1.29 is 9.90 Å². The quantitative estimate of drug-likeness (QED) is 0.724. The monoisotopic (exact) mass is 293 g/mol. The van der Waals surface area contributed by atoms with E-state index in [9.17, 15) is 9.90 Å². The first-order valence-corrected chi connectivity index (χ1v) is 7.47. The van der Waals surface area contributed by atoms with E-state index in [1.165, 1.54) is 0 Å². The maximum Gasteiger partial charge on any atom is 0.319 e. The Hall–Kier alpha value is -1.59. The number of hydrogen-bond donors (Lipinski definition) is 3. The molecule has 0 saturated heterocycles. The van der Waals surface area contributed by atoms with Crippen molar-refractivity contribution in [1.82, 2.24) is 10.2 Å². The van der Waals surface area contributed by atoms with Crippen LogP contribution in [-0.4, -0.2) is 42.2 Å². The molecule has 1 aromatic carbocycles. The van der Waals surface area contributed by atoms with Crippen molar-refractivity contribution in [3.8, 4) is 0 Å². The number of likely N-dealkylation sites (N-methyl/N-ethyl adjacent to an activating group) is 1. The Bertz CT molecular complexity index is 432. The number of amides is 2. The highest BCUT2D eigenvalue weighted by molar-refractivity contribution is 5.89. The second-order valence-electron chi connectivity index (χ2n) is 5.42. The lowest BCUT2D eigenvalue weighted by Gasteiger charge is -2.23. The zero-order chi connectivity index (χ0) is 15.8. The largest absolute Gasteiger partial charge is 0.389 e. The number of rotatable bonds is 7. The van der Waals surface area contributed by atoms with Gasteiger partial charge in [0.25, 0.3) is 0 Å². The average molecular weight is 293 g/mol. The summed E-state index contributed by atoms with van der Waals surface area (Å²) >= 11 is 0. The lowest BCUT2D eigenvalue weighted by atomic mass is 10.1. The van der Waals surface area contributed by atoms with Gasteiger partial charge in [-0.15, -0.1) is 0 Å². The Labute approximate surface area is 127 Å². The summed E-state index contributed by atoms with van der Waals surface area (Å²) in [5.74, 6) is 0. The van der Waals surface area contributed by atoms with Gasteiger partial charge in [-0.3, -0.25) is 0 Å². The topological polar surface area (TPSA) is 64.6 Å². The number of carbonyl (C=O) groups excluding carboxylic acids is 1.